The Balaban J connectivity index is 1.66. The first-order valence-corrected chi connectivity index (χ1v) is 9.10. The summed E-state index contributed by atoms with van der Waals surface area (Å²) in [7, 11) is 2.02. The van der Waals surface area contributed by atoms with Crippen LogP contribution in [0.5, 0.6) is 0 Å². The van der Waals surface area contributed by atoms with Crippen molar-refractivity contribution in [1.82, 2.24) is 19.9 Å². The van der Waals surface area contributed by atoms with Gasteiger partial charge in [0.15, 0.2) is 0 Å². The molecule has 0 unspecified atom stereocenters. The first-order valence-electron chi connectivity index (χ1n) is 8.22. The lowest BCUT2D eigenvalue weighted by Crippen LogP contribution is -2.40. The van der Waals surface area contributed by atoms with Crippen LogP contribution in [0.25, 0.3) is 0 Å². The normalized spacial score (nSPS) is 22.4. The molecule has 5 nitrogen and oxygen atoms in total. The molecule has 23 heavy (non-hydrogen) atoms. The summed E-state index contributed by atoms with van der Waals surface area (Å²) in [6.07, 6.45) is 6.02. The van der Waals surface area contributed by atoms with E-state index in [2.05, 4.69) is 36.5 Å². The largest absolute Gasteiger partial charge is 0.369 e. The average Bonchev–Trinajstić information content (AvgIpc) is 3.14. The van der Waals surface area contributed by atoms with Crippen molar-refractivity contribution in [2.24, 2.45) is 7.05 Å². The summed E-state index contributed by atoms with van der Waals surface area (Å²) in [6, 6.07) is 0.282. The zero-order valence-electron chi connectivity index (χ0n) is 14.4. The number of hydrogen-bond acceptors (Lipinski definition) is 5. The third-order valence-corrected chi connectivity index (χ3v) is 5.49. The summed E-state index contributed by atoms with van der Waals surface area (Å²) in [5.74, 6) is 0.996. The Hall–Kier alpha value is -1.24. The lowest BCUT2D eigenvalue weighted by molar-refractivity contribution is -0.0179. The first kappa shape index (κ1) is 16.6. The van der Waals surface area contributed by atoms with Crippen molar-refractivity contribution in [2.75, 3.05) is 6.61 Å². The van der Waals surface area contributed by atoms with E-state index in [4.69, 9.17) is 9.72 Å². The van der Waals surface area contributed by atoms with E-state index in [1.54, 1.807) is 11.3 Å². The summed E-state index contributed by atoms with van der Waals surface area (Å²) < 4.78 is 8.05. The van der Waals surface area contributed by atoms with Gasteiger partial charge in [-0.2, -0.15) is 0 Å². The smallest absolute Gasteiger partial charge is 0.139 e. The van der Waals surface area contributed by atoms with Gasteiger partial charge < -0.3 is 14.6 Å². The van der Waals surface area contributed by atoms with Crippen LogP contribution in [-0.4, -0.2) is 27.2 Å². The van der Waals surface area contributed by atoms with Crippen LogP contribution in [0.3, 0.4) is 0 Å². The Bertz CT molecular complexity index is 643. The summed E-state index contributed by atoms with van der Waals surface area (Å²) in [6.45, 7) is 8.20. The molecular formula is C17H26N4OS. The molecule has 6 heteroatoms. The van der Waals surface area contributed by atoms with Crippen LogP contribution in [0.1, 0.15) is 56.2 Å². The van der Waals surface area contributed by atoms with Gasteiger partial charge in [-0.05, 0) is 12.8 Å². The predicted molar refractivity (Wildman–Crippen MR) is 92.6 cm³/mol. The van der Waals surface area contributed by atoms with Crippen LogP contribution in [0.2, 0.25) is 0 Å². The van der Waals surface area contributed by atoms with Crippen LogP contribution in [0.4, 0.5) is 0 Å². The SMILES string of the molecule is Cn1ccnc1[C@H]1OCCC[C@@H]1NCc1csc(C(C)(C)C)n1. The van der Waals surface area contributed by atoms with Gasteiger partial charge in [0.05, 0.1) is 10.7 Å². The Labute approximate surface area is 142 Å². The number of nitrogens with one attached hydrogen (secondary N) is 1. The summed E-state index contributed by atoms with van der Waals surface area (Å²) >= 11 is 1.75. The molecule has 0 saturated carbocycles. The molecule has 1 aliphatic heterocycles. The van der Waals surface area contributed by atoms with Gasteiger partial charge in [-0.3, -0.25) is 0 Å². The maximum atomic E-state index is 6.00. The molecule has 1 N–H and O–H groups in total. The molecule has 2 atom stereocenters. The van der Waals surface area contributed by atoms with Crippen molar-refractivity contribution in [3.8, 4) is 0 Å². The standard InChI is InChI=1S/C17H26N4OS/c1-17(2,3)16-20-12(11-23-16)10-19-13-6-5-9-22-14(13)15-18-7-8-21(15)4/h7-8,11,13-14,19H,5-6,9-10H2,1-4H3/t13-,14-/m0/s1. The molecule has 1 saturated heterocycles. The second-order valence-electron chi connectivity index (χ2n) is 7.21. The van der Waals surface area contributed by atoms with Gasteiger partial charge in [-0.25, -0.2) is 9.97 Å². The van der Waals surface area contributed by atoms with E-state index in [1.807, 2.05) is 24.0 Å². The van der Waals surface area contributed by atoms with Gasteiger partial charge in [0.1, 0.15) is 11.9 Å². The zero-order chi connectivity index (χ0) is 16.4. The van der Waals surface area contributed by atoms with E-state index in [-0.39, 0.29) is 17.6 Å². The predicted octanol–water partition coefficient (Wildman–Crippen LogP) is 3.18. The zero-order valence-corrected chi connectivity index (χ0v) is 15.2. The lowest BCUT2D eigenvalue weighted by atomic mass is 9.98. The minimum atomic E-state index is 0.0180. The van der Waals surface area contributed by atoms with Crippen LogP contribution in [-0.2, 0) is 23.7 Å². The highest BCUT2D eigenvalue weighted by molar-refractivity contribution is 7.09. The Morgan fingerprint density at radius 3 is 2.91 bits per heavy atom. The Morgan fingerprint density at radius 1 is 1.43 bits per heavy atom. The van der Waals surface area contributed by atoms with E-state index < -0.39 is 0 Å². The van der Waals surface area contributed by atoms with E-state index in [0.29, 0.717) is 0 Å². The van der Waals surface area contributed by atoms with Crippen molar-refractivity contribution in [1.29, 1.82) is 0 Å². The maximum Gasteiger partial charge on any atom is 0.139 e. The molecule has 3 rings (SSSR count). The highest BCUT2D eigenvalue weighted by Gasteiger charge is 2.30. The van der Waals surface area contributed by atoms with Crippen LogP contribution in [0, 0.1) is 0 Å². The number of thiazole rings is 1. The second kappa shape index (κ2) is 6.71. The average molecular weight is 334 g/mol. The third-order valence-electron chi connectivity index (χ3n) is 4.17. The molecular weight excluding hydrogens is 308 g/mol. The molecule has 2 aromatic rings. The number of aryl methyl sites for hydroxylation is 1. The summed E-state index contributed by atoms with van der Waals surface area (Å²) in [4.78, 5) is 9.23. The second-order valence-corrected chi connectivity index (χ2v) is 8.07. The molecule has 0 spiro atoms. The van der Waals surface area contributed by atoms with Gasteiger partial charge in [0.2, 0.25) is 0 Å². The number of rotatable bonds is 4. The van der Waals surface area contributed by atoms with Crippen molar-refractivity contribution in [3.05, 3.63) is 34.3 Å². The molecule has 0 bridgehead atoms. The fraction of sp³-hybridized carbons (Fsp3) is 0.647. The number of aromatic nitrogens is 3. The monoisotopic (exact) mass is 334 g/mol. The van der Waals surface area contributed by atoms with Crippen LogP contribution in [0.15, 0.2) is 17.8 Å². The maximum absolute atomic E-state index is 6.00. The van der Waals surface area contributed by atoms with Crippen molar-refractivity contribution in [3.63, 3.8) is 0 Å². The van der Waals surface area contributed by atoms with Crippen molar-refractivity contribution < 1.29 is 4.74 Å². The molecule has 0 radical (unpaired) electrons. The van der Waals surface area contributed by atoms with Crippen molar-refractivity contribution >= 4 is 11.3 Å². The fourth-order valence-electron chi connectivity index (χ4n) is 2.86. The van der Waals surface area contributed by atoms with E-state index in [0.717, 1.165) is 37.5 Å². The number of hydrogen-bond donors (Lipinski definition) is 1. The Morgan fingerprint density at radius 2 is 2.26 bits per heavy atom. The third kappa shape index (κ3) is 3.82. The lowest BCUT2D eigenvalue weighted by Gasteiger charge is -2.32. The van der Waals surface area contributed by atoms with Gasteiger partial charge in [-0.15, -0.1) is 11.3 Å². The molecule has 0 amide bonds. The minimum absolute atomic E-state index is 0.0180. The van der Waals surface area contributed by atoms with E-state index in [9.17, 15) is 0 Å². The molecule has 2 aromatic heterocycles. The molecule has 0 aliphatic carbocycles. The molecule has 1 aliphatic rings. The van der Waals surface area contributed by atoms with Crippen LogP contribution < -0.4 is 5.32 Å². The quantitative estimate of drug-likeness (QED) is 0.933. The van der Waals surface area contributed by atoms with Gasteiger partial charge in [0.25, 0.3) is 0 Å². The fourth-order valence-corrected chi connectivity index (χ4v) is 3.77. The van der Waals surface area contributed by atoms with E-state index >= 15 is 0 Å². The van der Waals surface area contributed by atoms with Gasteiger partial charge >= 0.3 is 0 Å². The highest BCUT2D eigenvalue weighted by atomic mass is 32.1. The summed E-state index contributed by atoms with van der Waals surface area (Å²) in [5, 5.41) is 6.98. The molecule has 0 aromatic carbocycles. The first-order chi connectivity index (χ1) is 10.9. The number of nitrogens with zero attached hydrogens (tertiary/aromatic N) is 3. The number of imidazole rings is 1. The molecule has 3 heterocycles. The van der Waals surface area contributed by atoms with Gasteiger partial charge in [0, 0.05) is 49.4 Å². The van der Waals surface area contributed by atoms with Gasteiger partial charge in [-0.1, -0.05) is 20.8 Å². The topological polar surface area (TPSA) is 52.0 Å². The highest BCUT2D eigenvalue weighted by Crippen LogP contribution is 2.28. The molecule has 1 fully saturated rings. The number of ether oxygens (including phenoxy) is 1. The molecule has 126 valence electrons. The van der Waals surface area contributed by atoms with E-state index in [1.165, 1.54) is 5.01 Å². The van der Waals surface area contributed by atoms with Crippen molar-refractivity contribution in [2.45, 2.75) is 57.7 Å². The summed E-state index contributed by atoms with van der Waals surface area (Å²) in [5.41, 5.74) is 1.23. The Kier molecular flexibility index (Phi) is 4.85. The van der Waals surface area contributed by atoms with Crippen LogP contribution >= 0.6 is 11.3 Å². The minimum Gasteiger partial charge on any atom is -0.369 e.